The Balaban J connectivity index is 1.60. The number of hydroxylamine groups is 2. The molecular formula is C16H12N2O6. The van der Waals surface area contributed by atoms with E-state index in [9.17, 15) is 19.2 Å². The number of amides is 3. The summed E-state index contributed by atoms with van der Waals surface area (Å²) in [6.07, 6.45) is 1.35. The van der Waals surface area contributed by atoms with Crippen LogP contribution in [0.3, 0.4) is 0 Å². The van der Waals surface area contributed by atoms with Gasteiger partial charge in [0, 0.05) is 0 Å². The topological polar surface area (TPSA) is 106 Å². The average Bonchev–Trinajstić information content (AvgIpc) is 3.11. The van der Waals surface area contributed by atoms with Crippen molar-refractivity contribution in [3.05, 3.63) is 59.0 Å². The molecule has 1 aliphatic heterocycles. The van der Waals surface area contributed by atoms with Gasteiger partial charge in [-0.2, -0.15) is 0 Å². The van der Waals surface area contributed by atoms with Crippen molar-refractivity contribution in [1.82, 2.24) is 10.4 Å². The lowest BCUT2D eigenvalue weighted by atomic mass is 10.1. The second-order valence-corrected chi connectivity index (χ2v) is 4.99. The summed E-state index contributed by atoms with van der Waals surface area (Å²) in [5.41, 5.74) is 0.602. The molecule has 2 aromatic rings. The lowest BCUT2D eigenvalue weighted by Gasteiger charge is -2.12. The van der Waals surface area contributed by atoms with E-state index in [0.717, 1.165) is 0 Å². The van der Waals surface area contributed by atoms with Gasteiger partial charge in [-0.1, -0.05) is 17.2 Å². The molecule has 1 aromatic heterocycles. The number of nitrogens with zero attached hydrogens (tertiary/aromatic N) is 1. The summed E-state index contributed by atoms with van der Waals surface area (Å²) in [6, 6.07) is 7.59. The third-order valence-electron chi connectivity index (χ3n) is 3.45. The summed E-state index contributed by atoms with van der Waals surface area (Å²) in [5.74, 6) is -2.51. The highest BCUT2D eigenvalue weighted by Crippen LogP contribution is 2.22. The molecule has 24 heavy (non-hydrogen) atoms. The molecule has 122 valence electrons. The fraction of sp³-hybridized carbons (Fsp3) is 0.125. The van der Waals surface area contributed by atoms with Crippen LogP contribution in [-0.4, -0.2) is 35.3 Å². The van der Waals surface area contributed by atoms with Crippen molar-refractivity contribution < 1.29 is 28.4 Å². The summed E-state index contributed by atoms with van der Waals surface area (Å²) in [7, 11) is 0. The van der Waals surface area contributed by atoms with Gasteiger partial charge in [0.05, 0.1) is 23.0 Å². The average molecular weight is 328 g/mol. The number of carbonyl (C=O) groups excluding carboxylic acids is 4. The molecule has 0 spiro atoms. The standard InChI is InChI=1S/C16H12N2O6/c1-9-10(6-7-23-9)14(20)17-8-13(19)24-18-15(21)11-4-2-3-5-12(11)16(18)22/h2-7H,8H2,1H3,(H,17,20). The Labute approximate surface area is 135 Å². The quantitative estimate of drug-likeness (QED) is 0.842. The van der Waals surface area contributed by atoms with Crippen LogP contribution in [0.5, 0.6) is 0 Å². The first-order chi connectivity index (χ1) is 11.5. The summed E-state index contributed by atoms with van der Waals surface area (Å²) >= 11 is 0. The summed E-state index contributed by atoms with van der Waals surface area (Å²) < 4.78 is 4.99. The van der Waals surface area contributed by atoms with Gasteiger partial charge >= 0.3 is 5.97 Å². The molecule has 0 atom stereocenters. The Morgan fingerprint density at radius 1 is 1.12 bits per heavy atom. The first-order valence-corrected chi connectivity index (χ1v) is 7.00. The van der Waals surface area contributed by atoms with Gasteiger partial charge in [-0.3, -0.25) is 14.4 Å². The summed E-state index contributed by atoms with van der Waals surface area (Å²) in [6.45, 7) is 1.10. The zero-order valence-corrected chi connectivity index (χ0v) is 12.6. The van der Waals surface area contributed by atoms with E-state index >= 15 is 0 Å². The van der Waals surface area contributed by atoms with Crippen LogP contribution in [0.15, 0.2) is 41.0 Å². The van der Waals surface area contributed by atoms with E-state index in [0.29, 0.717) is 10.8 Å². The molecule has 0 bridgehead atoms. The maximum Gasteiger partial charge on any atom is 0.352 e. The number of hydrogen-bond donors (Lipinski definition) is 1. The maximum atomic E-state index is 12.0. The van der Waals surface area contributed by atoms with Gasteiger partial charge in [-0.05, 0) is 25.1 Å². The van der Waals surface area contributed by atoms with Crippen molar-refractivity contribution in [3.63, 3.8) is 0 Å². The molecule has 1 aliphatic rings. The zero-order chi connectivity index (χ0) is 17.3. The monoisotopic (exact) mass is 328 g/mol. The SMILES string of the molecule is Cc1occc1C(=O)NCC(=O)ON1C(=O)c2ccccc2C1=O. The number of imide groups is 1. The lowest BCUT2D eigenvalue weighted by Crippen LogP contribution is -2.38. The molecule has 3 rings (SSSR count). The molecule has 0 saturated carbocycles. The molecule has 0 aliphatic carbocycles. The van der Waals surface area contributed by atoms with Crippen LogP contribution in [0.4, 0.5) is 0 Å². The van der Waals surface area contributed by atoms with Crippen molar-refractivity contribution in [2.45, 2.75) is 6.92 Å². The summed E-state index contributed by atoms with van der Waals surface area (Å²) in [4.78, 5) is 52.5. The molecule has 2 heterocycles. The highest BCUT2D eigenvalue weighted by Gasteiger charge is 2.38. The van der Waals surface area contributed by atoms with Crippen LogP contribution in [0, 0.1) is 6.92 Å². The first-order valence-electron chi connectivity index (χ1n) is 7.00. The van der Waals surface area contributed by atoms with Crippen LogP contribution < -0.4 is 5.32 Å². The van der Waals surface area contributed by atoms with Crippen molar-refractivity contribution in [2.75, 3.05) is 6.54 Å². The Kier molecular flexibility index (Phi) is 3.87. The Bertz CT molecular complexity index is 819. The van der Waals surface area contributed by atoms with Crippen molar-refractivity contribution >= 4 is 23.7 Å². The van der Waals surface area contributed by atoms with E-state index in [2.05, 4.69) is 5.32 Å². The van der Waals surface area contributed by atoms with Crippen LogP contribution in [0.2, 0.25) is 0 Å². The predicted octanol–water partition coefficient (Wildman–Crippen LogP) is 1.07. The van der Waals surface area contributed by atoms with Crippen molar-refractivity contribution in [2.24, 2.45) is 0 Å². The minimum atomic E-state index is -0.945. The Morgan fingerprint density at radius 2 is 1.75 bits per heavy atom. The van der Waals surface area contributed by atoms with E-state index < -0.39 is 30.2 Å². The van der Waals surface area contributed by atoms with Gasteiger partial charge in [0.2, 0.25) is 0 Å². The number of aryl methyl sites for hydroxylation is 1. The van der Waals surface area contributed by atoms with Gasteiger partial charge < -0.3 is 14.6 Å². The molecule has 0 unspecified atom stereocenters. The molecular weight excluding hydrogens is 316 g/mol. The van der Waals surface area contributed by atoms with Gasteiger partial charge in [0.25, 0.3) is 17.7 Å². The van der Waals surface area contributed by atoms with Crippen LogP contribution in [0.1, 0.15) is 36.8 Å². The van der Waals surface area contributed by atoms with Crippen molar-refractivity contribution in [1.29, 1.82) is 0 Å². The number of fused-ring (bicyclic) bond motifs is 1. The molecule has 1 N–H and O–H groups in total. The Morgan fingerprint density at radius 3 is 2.29 bits per heavy atom. The number of nitrogens with one attached hydrogen (secondary N) is 1. The molecule has 8 nitrogen and oxygen atoms in total. The van der Waals surface area contributed by atoms with E-state index in [4.69, 9.17) is 9.25 Å². The minimum Gasteiger partial charge on any atom is -0.469 e. The number of carbonyl (C=O) groups is 4. The minimum absolute atomic E-state index is 0.161. The second-order valence-electron chi connectivity index (χ2n) is 4.99. The van der Waals surface area contributed by atoms with E-state index in [1.807, 2.05) is 0 Å². The molecule has 0 radical (unpaired) electrons. The van der Waals surface area contributed by atoms with Crippen molar-refractivity contribution in [3.8, 4) is 0 Å². The van der Waals surface area contributed by atoms with Crippen LogP contribution in [0.25, 0.3) is 0 Å². The van der Waals surface area contributed by atoms with Gasteiger partial charge in [0.15, 0.2) is 0 Å². The second kappa shape index (κ2) is 5.99. The van der Waals surface area contributed by atoms with E-state index in [1.54, 1.807) is 19.1 Å². The lowest BCUT2D eigenvalue weighted by molar-refractivity contribution is -0.167. The van der Waals surface area contributed by atoms with E-state index in [1.165, 1.54) is 24.5 Å². The van der Waals surface area contributed by atoms with Gasteiger partial charge in [-0.25, -0.2) is 4.79 Å². The summed E-state index contributed by atoms with van der Waals surface area (Å²) in [5, 5.41) is 2.72. The molecule has 3 amide bonds. The predicted molar refractivity (Wildman–Crippen MR) is 78.8 cm³/mol. The number of hydrogen-bond acceptors (Lipinski definition) is 6. The number of benzene rings is 1. The van der Waals surface area contributed by atoms with Crippen LogP contribution >= 0.6 is 0 Å². The molecule has 0 fully saturated rings. The maximum absolute atomic E-state index is 12.0. The molecule has 0 saturated heterocycles. The largest absolute Gasteiger partial charge is 0.469 e. The zero-order valence-electron chi connectivity index (χ0n) is 12.6. The normalized spacial score (nSPS) is 13.0. The highest BCUT2D eigenvalue weighted by molar-refractivity contribution is 6.20. The fourth-order valence-electron chi connectivity index (χ4n) is 2.25. The fourth-order valence-corrected chi connectivity index (χ4v) is 2.25. The Hall–Kier alpha value is -3.42. The molecule has 1 aromatic carbocycles. The van der Waals surface area contributed by atoms with Crippen LogP contribution in [-0.2, 0) is 9.63 Å². The number of rotatable bonds is 4. The third-order valence-corrected chi connectivity index (χ3v) is 3.45. The van der Waals surface area contributed by atoms with Gasteiger partial charge in [-0.15, -0.1) is 0 Å². The highest BCUT2D eigenvalue weighted by atomic mass is 16.7. The van der Waals surface area contributed by atoms with E-state index in [-0.39, 0.29) is 16.7 Å². The molecule has 8 heteroatoms. The first kappa shape index (κ1) is 15.5. The smallest absolute Gasteiger partial charge is 0.352 e. The third kappa shape index (κ3) is 2.65. The van der Waals surface area contributed by atoms with Gasteiger partial charge in [0.1, 0.15) is 12.3 Å². The number of furan rings is 1.